The van der Waals surface area contributed by atoms with Gasteiger partial charge >= 0.3 is 0 Å². The number of hydrogen-bond acceptors (Lipinski definition) is 6. The largest absolute Gasteiger partial charge is 0.368 e. The summed E-state index contributed by atoms with van der Waals surface area (Å²) in [6.45, 7) is 0. The molecule has 3 rings (SSSR count). The van der Waals surface area contributed by atoms with Crippen LogP contribution in [0.15, 0.2) is 29.4 Å². The molecule has 2 N–H and O–H groups in total. The number of fused-ring (bicyclic) bond motifs is 1. The first-order valence-electron chi connectivity index (χ1n) is 5.41. The Bertz CT molecular complexity index is 757. The minimum absolute atomic E-state index is 0.193. The van der Waals surface area contributed by atoms with Crippen molar-refractivity contribution in [2.45, 2.75) is 5.16 Å². The second-order valence-corrected chi connectivity index (χ2v) is 5.65. The van der Waals surface area contributed by atoms with E-state index in [1.807, 2.05) is 12.3 Å². The van der Waals surface area contributed by atoms with Crippen LogP contribution in [0.5, 0.6) is 0 Å². The van der Waals surface area contributed by atoms with Crippen LogP contribution in [0, 0.1) is 5.82 Å². The fraction of sp³-hybridized carbons (Fsp3) is 0.0833. The van der Waals surface area contributed by atoms with Gasteiger partial charge in [-0.1, -0.05) is 17.8 Å². The molecule has 0 bridgehead atoms. The van der Waals surface area contributed by atoms with Crippen molar-refractivity contribution in [3.8, 4) is 10.7 Å². The standard InChI is InChI=1S/C12H9FN4S2/c1-18-12-16-10(15-11(14)17-12)9-4-6-2-3-7(13)5-8(6)19-9/h2-5H,1H3,(H2,14,15,16,17). The first-order valence-corrected chi connectivity index (χ1v) is 7.45. The number of thioether (sulfide) groups is 1. The summed E-state index contributed by atoms with van der Waals surface area (Å²) < 4.78 is 14.0. The van der Waals surface area contributed by atoms with Crippen LogP contribution >= 0.6 is 23.1 Å². The zero-order valence-corrected chi connectivity index (χ0v) is 11.6. The highest BCUT2D eigenvalue weighted by Gasteiger charge is 2.10. The third kappa shape index (κ3) is 2.39. The quantitative estimate of drug-likeness (QED) is 0.735. The number of nitrogens with zero attached hydrogens (tertiary/aromatic N) is 3. The fourth-order valence-electron chi connectivity index (χ4n) is 1.69. The summed E-state index contributed by atoms with van der Waals surface area (Å²) >= 11 is 2.84. The first kappa shape index (κ1) is 12.3. The minimum Gasteiger partial charge on any atom is -0.368 e. The molecule has 0 radical (unpaired) electrons. The summed E-state index contributed by atoms with van der Waals surface area (Å²) in [5.41, 5.74) is 5.66. The normalized spacial score (nSPS) is 11.1. The zero-order chi connectivity index (χ0) is 13.4. The maximum absolute atomic E-state index is 13.2. The van der Waals surface area contributed by atoms with E-state index in [0.717, 1.165) is 15.0 Å². The molecule has 1 aromatic carbocycles. The van der Waals surface area contributed by atoms with E-state index < -0.39 is 0 Å². The van der Waals surface area contributed by atoms with E-state index in [9.17, 15) is 4.39 Å². The van der Waals surface area contributed by atoms with Crippen LogP contribution in [-0.2, 0) is 0 Å². The number of anilines is 1. The fourth-order valence-corrected chi connectivity index (χ4v) is 3.07. The molecule has 0 spiro atoms. The second-order valence-electron chi connectivity index (χ2n) is 3.80. The summed E-state index contributed by atoms with van der Waals surface area (Å²) in [4.78, 5) is 13.3. The summed E-state index contributed by atoms with van der Waals surface area (Å²) in [6, 6.07) is 6.61. The lowest BCUT2D eigenvalue weighted by molar-refractivity contribution is 0.630. The van der Waals surface area contributed by atoms with Crippen molar-refractivity contribution in [1.29, 1.82) is 0 Å². The Hall–Kier alpha value is -1.73. The molecule has 2 aromatic heterocycles. The Balaban J connectivity index is 2.15. The van der Waals surface area contributed by atoms with Gasteiger partial charge in [-0.25, -0.2) is 9.37 Å². The van der Waals surface area contributed by atoms with Crippen LogP contribution in [0.25, 0.3) is 20.8 Å². The highest BCUT2D eigenvalue weighted by molar-refractivity contribution is 7.98. The molecule has 0 saturated carbocycles. The zero-order valence-electron chi connectivity index (χ0n) is 9.92. The second kappa shape index (κ2) is 4.75. The van der Waals surface area contributed by atoms with Crippen molar-refractivity contribution in [2.75, 3.05) is 12.0 Å². The molecule has 7 heteroatoms. The van der Waals surface area contributed by atoms with Gasteiger partial charge in [-0.15, -0.1) is 11.3 Å². The summed E-state index contributed by atoms with van der Waals surface area (Å²) in [5, 5.41) is 1.54. The highest BCUT2D eigenvalue weighted by Crippen LogP contribution is 2.32. The average molecular weight is 292 g/mol. The van der Waals surface area contributed by atoms with Gasteiger partial charge in [-0.05, 0) is 29.8 Å². The molecule has 3 aromatic rings. The van der Waals surface area contributed by atoms with E-state index in [2.05, 4.69) is 15.0 Å². The summed E-state index contributed by atoms with van der Waals surface area (Å²) in [6.07, 6.45) is 1.87. The van der Waals surface area contributed by atoms with Crippen molar-refractivity contribution in [3.05, 3.63) is 30.1 Å². The minimum atomic E-state index is -0.249. The van der Waals surface area contributed by atoms with E-state index in [0.29, 0.717) is 11.0 Å². The van der Waals surface area contributed by atoms with Gasteiger partial charge in [0, 0.05) is 4.70 Å². The molecular weight excluding hydrogens is 283 g/mol. The van der Waals surface area contributed by atoms with E-state index >= 15 is 0 Å². The van der Waals surface area contributed by atoms with Crippen LogP contribution in [0.3, 0.4) is 0 Å². The van der Waals surface area contributed by atoms with Crippen LogP contribution in [0.2, 0.25) is 0 Å². The Kier molecular flexibility index (Phi) is 3.08. The lowest BCUT2D eigenvalue weighted by atomic mass is 10.2. The molecule has 0 unspecified atom stereocenters. The number of nitrogens with two attached hydrogens (primary N) is 1. The number of aromatic nitrogens is 3. The maximum atomic E-state index is 13.2. The summed E-state index contributed by atoms with van der Waals surface area (Å²) in [5.74, 6) is 0.470. The molecule has 0 atom stereocenters. The Morgan fingerprint density at radius 1 is 1.21 bits per heavy atom. The first-order chi connectivity index (χ1) is 9.15. The molecule has 0 saturated heterocycles. The third-order valence-electron chi connectivity index (χ3n) is 2.52. The van der Waals surface area contributed by atoms with Crippen molar-refractivity contribution in [2.24, 2.45) is 0 Å². The SMILES string of the molecule is CSc1nc(N)nc(-c2cc3ccc(F)cc3s2)n1. The molecular formula is C12H9FN4S2. The molecule has 19 heavy (non-hydrogen) atoms. The van der Waals surface area contributed by atoms with E-state index in [4.69, 9.17) is 5.73 Å². The lowest BCUT2D eigenvalue weighted by Gasteiger charge is -2.00. The van der Waals surface area contributed by atoms with Gasteiger partial charge in [0.15, 0.2) is 11.0 Å². The molecule has 0 aliphatic carbocycles. The monoisotopic (exact) mass is 292 g/mol. The van der Waals surface area contributed by atoms with Crippen LogP contribution < -0.4 is 5.73 Å². The van der Waals surface area contributed by atoms with Gasteiger partial charge in [0.1, 0.15) is 5.82 Å². The van der Waals surface area contributed by atoms with Crippen LogP contribution in [-0.4, -0.2) is 21.2 Å². The number of benzene rings is 1. The average Bonchev–Trinajstić information content (AvgIpc) is 2.80. The predicted octanol–water partition coefficient (Wildman–Crippen LogP) is 3.20. The number of nitrogen functional groups attached to an aromatic ring is 1. The van der Waals surface area contributed by atoms with Crippen molar-refractivity contribution < 1.29 is 4.39 Å². The Morgan fingerprint density at radius 3 is 2.84 bits per heavy atom. The van der Waals surface area contributed by atoms with Crippen LogP contribution in [0.4, 0.5) is 10.3 Å². The van der Waals surface area contributed by atoms with Gasteiger partial charge < -0.3 is 5.73 Å². The Labute approximate surface area is 116 Å². The van der Waals surface area contributed by atoms with Gasteiger partial charge in [-0.2, -0.15) is 9.97 Å². The number of hydrogen-bond donors (Lipinski definition) is 1. The topological polar surface area (TPSA) is 64.7 Å². The molecule has 0 fully saturated rings. The number of thiophene rings is 1. The van der Waals surface area contributed by atoms with E-state index in [1.54, 1.807) is 6.07 Å². The number of halogens is 1. The van der Waals surface area contributed by atoms with Gasteiger partial charge in [-0.3, -0.25) is 0 Å². The molecule has 0 aliphatic rings. The highest BCUT2D eigenvalue weighted by atomic mass is 32.2. The summed E-state index contributed by atoms with van der Waals surface area (Å²) in [7, 11) is 0. The van der Waals surface area contributed by atoms with Gasteiger partial charge in [0.2, 0.25) is 5.95 Å². The molecule has 0 amide bonds. The number of rotatable bonds is 2. The maximum Gasteiger partial charge on any atom is 0.224 e. The van der Waals surface area contributed by atoms with Crippen molar-refractivity contribution >= 4 is 39.1 Å². The van der Waals surface area contributed by atoms with E-state index in [-0.39, 0.29) is 11.8 Å². The van der Waals surface area contributed by atoms with Crippen LogP contribution in [0.1, 0.15) is 0 Å². The predicted molar refractivity (Wildman–Crippen MR) is 76.8 cm³/mol. The molecule has 4 nitrogen and oxygen atoms in total. The van der Waals surface area contributed by atoms with E-state index in [1.165, 1.54) is 35.2 Å². The Morgan fingerprint density at radius 2 is 2.05 bits per heavy atom. The molecule has 2 heterocycles. The lowest BCUT2D eigenvalue weighted by Crippen LogP contribution is -2.00. The van der Waals surface area contributed by atoms with Gasteiger partial charge in [0.05, 0.1) is 4.88 Å². The smallest absolute Gasteiger partial charge is 0.224 e. The van der Waals surface area contributed by atoms with Crippen molar-refractivity contribution in [3.63, 3.8) is 0 Å². The van der Waals surface area contributed by atoms with Gasteiger partial charge in [0.25, 0.3) is 0 Å². The molecule has 0 aliphatic heterocycles. The van der Waals surface area contributed by atoms with Crippen molar-refractivity contribution in [1.82, 2.24) is 15.0 Å². The molecule has 96 valence electrons. The third-order valence-corrected chi connectivity index (χ3v) is 4.16.